The van der Waals surface area contributed by atoms with Gasteiger partial charge in [-0.3, -0.25) is 9.59 Å². The van der Waals surface area contributed by atoms with E-state index in [1.807, 2.05) is 93.6 Å². The van der Waals surface area contributed by atoms with E-state index < -0.39 is 6.04 Å². The summed E-state index contributed by atoms with van der Waals surface area (Å²) >= 11 is 6.37. The SMILES string of the molecule is CC[C@H](C)NC(=O)[C@H](Cc1ccccc1)N(Cc1ccccc1C)C(=O)Cc1ccccc1Cl. The highest BCUT2D eigenvalue weighted by Gasteiger charge is 2.31. The quantitative estimate of drug-likeness (QED) is 0.405. The number of hydrogen-bond acceptors (Lipinski definition) is 2. The van der Waals surface area contributed by atoms with E-state index in [2.05, 4.69) is 5.32 Å². The molecule has 0 heterocycles. The molecule has 3 rings (SSSR count). The molecule has 3 aromatic rings. The van der Waals surface area contributed by atoms with Crippen molar-refractivity contribution >= 4 is 23.4 Å². The van der Waals surface area contributed by atoms with Crippen LogP contribution < -0.4 is 5.32 Å². The summed E-state index contributed by atoms with van der Waals surface area (Å²) in [4.78, 5) is 29.0. The second-order valence-corrected chi connectivity index (χ2v) is 9.15. The highest BCUT2D eigenvalue weighted by molar-refractivity contribution is 6.31. The molecule has 2 atom stereocenters. The predicted molar refractivity (Wildman–Crippen MR) is 139 cm³/mol. The average Bonchev–Trinajstić information content (AvgIpc) is 2.84. The maximum atomic E-state index is 13.8. The molecular formula is C29H33ClN2O2. The summed E-state index contributed by atoms with van der Waals surface area (Å²) in [6.45, 7) is 6.39. The first kappa shape index (κ1) is 25.5. The van der Waals surface area contributed by atoms with Crippen molar-refractivity contribution < 1.29 is 9.59 Å². The van der Waals surface area contributed by atoms with Crippen molar-refractivity contribution in [2.45, 2.75) is 58.7 Å². The van der Waals surface area contributed by atoms with Crippen LogP contribution in [-0.2, 0) is 29.0 Å². The molecule has 0 bridgehead atoms. The van der Waals surface area contributed by atoms with E-state index in [4.69, 9.17) is 11.6 Å². The fourth-order valence-electron chi connectivity index (χ4n) is 3.87. The van der Waals surface area contributed by atoms with E-state index in [0.717, 1.165) is 28.7 Å². The van der Waals surface area contributed by atoms with Gasteiger partial charge in [-0.05, 0) is 48.6 Å². The van der Waals surface area contributed by atoms with Gasteiger partial charge in [0.15, 0.2) is 0 Å². The van der Waals surface area contributed by atoms with Crippen LogP contribution in [-0.4, -0.2) is 28.8 Å². The number of rotatable bonds is 10. The first-order chi connectivity index (χ1) is 16.4. The van der Waals surface area contributed by atoms with Crippen LogP contribution in [0.1, 0.15) is 42.5 Å². The lowest BCUT2D eigenvalue weighted by Gasteiger charge is -2.33. The summed E-state index contributed by atoms with van der Waals surface area (Å²) in [5.41, 5.74) is 3.86. The first-order valence-corrected chi connectivity index (χ1v) is 12.2. The van der Waals surface area contributed by atoms with Gasteiger partial charge in [-0.2, -0.15) is 0 Å². The molecule has 3 aromatic carbocycles. The predicted octanol–water partition coefficient (Wildman–Crippen LogP) is 5.75. The van der Waals surface area contributed by atoms with E-state index in [1.54, 1.807) is 11.0 Å². The highest BCUT2D eigenvalue weighted by Crippen LogP contribution is 2.21. The maximum Gasteiger partial charge on any atom is 0.243 e. The minimum absolute atomic E-state index is 0.0183. The van der Waals surface area contributed by atoms with Crippen molar-refractivity contribution in [1.29, 1.82) is 0 Å². The summed E-state index contributed by atoms with van der Waals surface area (Å²) < 4.78 is 0. The molecule has 0 unspecified atom stereocenters. The molecule has 0 aliphatic heterocycles. The van der Waals surface area contributed by atoms with Crippen LogP contribution in [0.4, 0.5) is 0 Å². The number of benzene rings is 3. The van der Waals surface area contributed by atoms with Gasteiger partial charge >= 0.3 is 0 Å². The third kappa shape index (κ3) is 6.94. The summed E-state index contributed by atoms with van der Waals surface area (Å²) in [5, 5.41) is 3.65. The lowest BCUT2D eigenvalue weighted by atomic mass is 10.00. The van der Waals surface area contributed by atoms with Gasteiger partial charge in [0, 0.05) is 24.0 Å². The molecule has 1 N–H and O–H groups in total. The summed E-state index contributed by atoms with van der Waals surface area (Å²) in [7, 11) is 0. The number of carbonyl (C=O) groups excluding carboxylic acids is 2. The molecule has 0 aliphatic rings. The minimum Gasteiger partial charge on any atom is -0.352 e. The standard InChI is InChI=1S/C29H33ClN2O2/c1-4-22(3)31-29(34)27(18-23-13-6-5-7-14-23)32(20-25-16-9-8-12-21(25)2)28(33)19-24-15-10-11-17-26(24)30/h5-17,22,27H,4,18-20H2,1-3H3,(H,31,34)/t22-,27-/m0/s1. The Morgan fingerprint density at radius 2 is 1.53 bits per heavy atom. The Balaban J connectivity index is 2.00. The Morgan fingerprint density at radius 1 is 0.912 bits per heavy atom. The Kier molecular flexibility index (Phi) is 9.29. The fourth-order valence-corrected chi connectivity index (χ4v) is 4.07. The second-order valence-electron chi connectivity index (χ2n) is 8.74. The van der Waals surface area contributed by atoms with Crippen molar-refractivity contribution in [3.63, 3.8) is 0 Å². The Morgan fingerprint density at radius 3 is 2.18 bits per heavy atom. The van der Waals surface area contributed by atoms with E-state index in [1.165, 1.54) is 0 Å². The number of hydrogen-bond donors (Lipinski definition) is 1. The molecule has 0 radical (unpaired) electrons. The lowest BCUT2D eigenvalue weighted by molar-refractivity contribution is -0.141. The Labute approximate surface area is 207 Å². The van der Waals surface area contributed by atoms with Gasteiger partial charge in [0.1, 0.15) is 6.04 Å². The minimum atomic E-state index is -0.647. The lowest BCUT2D eigenvalue weighted by Crippen LogP contribution is -2.52. The highest BCUT2D eigenvalue weighted by atomic mass is 35.5. The molecule has 2 amide bonds. The monoisotopic (exact) mass is 476 g/mol. The number of aryl methyl sites for hydroxylation is 1. The normalized spacial score (nSPS) is 12.6. The van der Waals surface area contributed by atoms with Crippen LogP contribution in [0.5, 0.6) is 0 Å². The van der Waals surface area contributed by atoms with Crippen LogP contribution in [0.3, 0.4) is 0 Å². The van der Waals surface area contributed by atoms with Crippen molar-refractivity contribution in [2.75, 3.05) is 0 Å². The van der Waals surface area contributed by atoms with Gasteiger partial charge < -0.3 is 10.2 Å². The fraction of sp³-hybridized carbons (Fsp3) is 0.310. The van der Waals surface area contributed by atoms with Crippen LogP contribution in [0.15, 0.2) is 78.9 Å². The van der Waals surface area contributed by atoms with Crippen LogP contribution in [0, 0.1) is 6.92 Å². The van der Waals surface area contributed by atoms with Crippen molar-refractivity contribution in [1.82, 2.24) is 10.2 Å². The molecule has 0 saturated carbocycles. The Hall–Kier alpha value is -3.11. The summed E-state index contributed by atoms with van der Waals surface area (Å²) in [6, 6.07) is 24.6. The van der Waals surface area contributed by atoms with Crippen molar-refractivity contribution in [2.24, 2.45) is 0 Å². The van der Waals surface area contributed by atoms with Gasteiger partial charge in [0.2, 0.25) is 11.8 Å². The van der Waals surface area contributed by atoms with Gasteiger partial charge in [0.25, 0.3) is 0 Å². The number of nitrogens with one attached hydrogen (secondary N) is 1. The van der Waals surface area contributed by atoms with Crippen molar-refractivity contribution in [3.8, 4) is 0 Å². The number of nitrogens with zero attached hydrogens (tertiary/aromatic N) is 1. The topological polar surface area (TPSA) is 49.4 Å². The molecule has 0 saturated heterocycles. The zero-order valence-corrected chi connectivity index (χ0v) is 20.9. The molecule has 0 spiro atoms. The van der Waals surface area contributed by atoms with Crippen LogP contribution >= 0.6 is 11.6 Å². The molecule has 0 fully saturated rings. The van der Waals surface area contributed by atoms with E-state index in [0.29, 0.717) is 18.0 Å². The third-order valence-electron chi connectivity index (χ3n) is 6.17. The van der Waals surface area contributed by atoms with Gasteiger partial charge in [-0.15, -0.1) is 0 Å². The molecule has 4 nitrogen and oxygen atoms in total. The molecule has 0 aliphatic carbocycles. The van der Waals surface area contributed by atoms with E-state index in [-0.39, 0.29) is 24.3 Å². The zero-order chi connectivity index (χ0) is 24.5. The molecule has 34 heavy (non-hydrogen) atoms. The largest absolute Gasteiger partial charge is 0.352 e. The average molecular weight is 477 g/mol. The van der Waals surface area contributed by atoms with Crippen molar-refractivity contribution in [3.05, 3.63) is 106 Å². The third-order valence-corrected chi connectivity index (χ3v) is 6.54. The summed E-state index contributed by atoms with van der Waals surface area (Å²) in [5.74, 6) is -0.268. The number of amides is 2. The first-order valence-electron chi connectivity index (χ1n) is 11.8. The van der Waals surface area contributed by atoms with Crippen LogP contribution in [0.25, 0.3) is 0 Å². The van der Waals surface area contributed by atoms with Crippen LogP contribution in [0.2, 0.25) is 5.02 Å². The number of halogens is 1. The molecule has 5 heteroatoms. The second kappa shape index (κ2) is 12.4. The van der Waals surface area contributed by atoms with E-state index in [9.17, 15) is 9.59 Å². The van der Waals surface area contributed by atoms with Gasteiger partial charge in [-0.1, -0.05) is 91.3 Å². The Bertz CT molecular complexity index is 1100. The zero-order valence-electron chi connectivity index (χ0n) is 20.1. The maximum absolute atomic E-state index is 13.8. The van der Waals surface area contributed by atoms with Gasteiger partial charge in [-0.25, -0.2) is 0 Å². The van der Waals surface area contributed by atoms with Gasteiger partial charge in [0.05, 0.1) is 6.42 Å². The van der Waals surface area contributed by atoms with E-state index >= 15 is 0 Å². The molecule has 178 valence electrons. The summed E-state index contributed by atoms with van der Waals surface area (Å²) in [6.07, 6.45) is 1.38. The number of carbonyl (C=O) groups is 2. The smallest absolute Gasteiger partial charge is 0.243 e. The molecular weight excluding hydrogens is 444 g/mol. The molecule has 0 aromatic heterocycles.